The van der Waals surface area contributed by atoms with E-state index in [2.05, 4.69) is 22.9 Å². The predicted octanol–water partition coefficient (Wildman–Crippen LogP) is 3.78. The number of benzene rings is 1. The summed E-state index contributed by atoms with van der Waals surface area (Å²) in [6, 6.07) is 5.93. The van der Waals surface area contributed by atoms with E-state index in [4.69, 9.17) is 14.2 Å². The van der Waals surface area contributed by atoms with Crippen molar-refractivity contribution >= 4 is 15.9 Å². The number of hydrogen-bond acceptors (Lipinski definition) is 3. The molecular formula is C14H21BrO3. The van der Waals surface area contributed by atoms with Crippen LogP contribution >= 0.6 is 15.9 Å². The zero-order valence-electron chi connectivity index (χ0n) is 11.2. The van der Waals surface area contributed by atoms with Gasteiger partial charge in [0.1, 0.15) is 18.1 Å². The molecule has 0 N–H and O–H groups in total. The van der Waals surface area contributed by atoms with Gasteiger partial charge in [0.2, 0.25) is 0 Å². The second-order valence-electron chi connectivity index (χ2n) is 4.11. The second kappa shape index (κ2) is 8.38. The Morgan fingerprint density at radius 2 is 2.06 bits per heavy atom. The molecule has 1 aromatic rings. The maximum absolute atomic E-state index is 5.77. The van der Waals surface area contributed by atoms with Crippen LogP contribution in [0.25, 0.3) is 0 Å². The Labute approximate surface area is 118 Å². The number of hydrogen-bond donors (Lipinski definition) is 0. The van der Waals surface area contributed by atoms with Gasteiger partial charge < -0.3 is 14.2 Å². The Morgan fingerprint density at radius 3 is 2.67 bits per heavy atom. The van der Waals surface area contributed by atoms with Crippen LogP contribution in [-0.2, 0) is 10.1 Å². The number of alkyl halides is 1. The molecule has 18 heavy (non-hydrogen) atoms. The van der Waals surface area contributed by atoms with Crippen LogP contribution in [0.5, 0.6) is 11.5 Å². The summed E-state index contributed by atoms with van der Waals surface area (Å²) in [5.41, 5.74) is 1.11. The van der Waals surface area contributed by atoms with E-state index in [9.17, 15) is 0 Å². The van der Waals surface area contributed by atoms with Crippen LogP contribution in [0.3, 0.4) is 0 Å². The van der Waals surface area contributed by atoms with E-state index in [1.807, 2.05) is 25.1 Å². The van der Waals surface area contributed by atoms with Gasteiger partial charge in [-0.15, -0.1) is 0 Å². The molecule has 1 aromatic carbocycles. The molecule has 0 aliphatic heterocycles. The molecule has 4 heteroatoms. The van der Waals surface area contributed by atoms with E-state index in [0.29, 0.717) is 6.61 Å². The van der Waals surface area contributed by atoms with Gasteiger partial charge in [0.15, 0.2) is 0 Å². The first kappa shape index (κ1) is 15.3. The first-order valence-electron chi connectivity index (χ1n) is 6.18. The van der Waals surface area contributed by atoms with Crippen molar-refractivity contribution in [3.05, 3.63) is 23.8 Å². The molecule has 1 rings (SSSR count). The summed E-state index contributed by atoms with van der Waals surface area (Å²) in [5, 5.41) is 0.762. The zero-order chi connectivity index (χ0) is 13.4. The summed E-state index contributed by atoms with van der Waals surface area (Å²) >= 11 is 3.46. The van der Waals surface area contributed by atoms with Crippen molar-refractivity contribution in [1.82, 2.24) is 0 Å². The zero-order valence-corrected chi connectivity index (χ0v) is 12.8. The Balaban J connectivity index is 2.71. The second-order valence-corrected chi connectivity index (χ2v) is 4.67. The Morgan fingerprint density at radius 1 is 1.28 bits per heavy atom. The molecule has 3 nitrogen and oxygen atoms in total. The average molecular weight is 317 g/mol. The molecule has 0 aliphatic carbocycles. The topological polar surface area (TPSA) is 27.7 Å². The number of ether oxygens (including phenoxy) is 3. The highest BCUT2D eigenvalue weighted by atomic mass is 79.9. The van der Waals surface area contributed by atoms with Crippen LogP contribution in [-0.4, -0.2) is 26.4 Å². The lowest BCUT2D eigenvalue weighted by molar-refractivity contribution is 0.0713. The summed E-state index contributed by atoms with van der Waals surface area (Å²) < 4.78 is 16.5. The Kier molecular flexibility index (Phi) is 7.13. The van der Waals surface area contributed by atoms with Crippen molar-refractivity contribution < 1.29 is 14.2 Å². The summed E-state index contributed by atoms with van der Waals surface area (Å²) in [5.74, 6) is 1.70. The van der Waals surface area contributed by atoms with Crippen molar-refractivity contribution in [2.45, 2.75) is 31.7 Å². The predicted molar refractivity (Wildman–Crippen MR) is 76.8 cm³/mol. The summed E-state index contributed by atoms with van der Waals surface area (Å²) in [6.07, 6.45) is 1.07. The highest BCUT2D eigenvalue weighted by Gasteiger charge is 2.07. The van der Waals surface area contributed by atoms with Crippen LogP contribution in [0, 0.1) is 0 Å². The van der Waals surface area contributed by atoms with Gasteiger partial charge >= 0.3 is 0 Å². The minimum Gasteiger partial charge on any atom is -0.493 e. The lowest BCUT2D eigenvalue weighted by atomic mass is 10.2. The molecule has 0 heterocycles. The fourth-order valence-corrected chi connectivity index (χ4v) is 1.83. The molecule has 0 bridgehead atoms. The van der Waals surface area contributed by atoms with E-state index in [0.717, 1.165) is 35.4 Å². The van der Waals surface area contributed by atoms with Crippen molar-refractivity contribution in [2.75, 3.05) is 20.3 Å². The fourth-order valence-electron chi connectivity index (χ4n) is 1.36. The Bertz CT molecular complexity index is 355. The van der Waals surface area contributed by atoms with Gasteiger partial charge in [0.05, 0.1) is 12.7 Å². The van der Waals surface area contributed by atoms with E-state index < -0.39 is 0 Å². The molecule has 0 amide bonds. The summed E-state index contributed by atoms with van der Waals surface area (Å²) in [6.45, 7) is 5.32. The number of methoxy groups -OCH3 is 1. The van der Waals surface area contributed by atoms with Gasteiger partial charge in [-0.2, -0.15) is 0 Å². The molecule has 0 saturated heterocycles. The molecule has 1 unspecified atom stereocenters. The number of rotatable bonds is 8. The molecule has 1 atom stereocenters. The molecule has 102 valence electrons. The van der Waals surface area contributed by atoms with Gasteiger partial charge in [0, 0.05) is 24.1 Å². The van der Waals surface area contributed by atoms with Gasteiger partial charge in [-0.05, 0) is 19.4 Å². The van der Waals surface area contributed by atoms with E-state index >= 15 is 0 Å². The maximum Gasteiger partial charge on any atom is 0.127 e. The lowest BCUT2D eigenvalue weighted by Crippen LogP contribution is -2.16. The third-order valence-corrected chi connectivity index (χ3v) is 3.14. The highest BCUT2D eigenvalue weighted by molar-refractivity contribution is 9.08. The third-order valence-electron chi connectivity index (χ3n) is 2.53. The van der Waals surface area contributed by atoms with Gasteiger partial charge in [0.25, 0.3) is 0 Å². The van der Waals surface area contributed by atoms with Crippen LogP contribution in [0.15, 0.2) is 18.2 Å². The minimum absolute atomic E-state index is 0.0772. The summed E-state index contributed by atoms with van der Waals surface area (Å²) in [4.78, 5) is 0. The van der Waals surface area contributed by atoms with Gasteiger partial charge in [-0.3, -0.25) is 0 Å². The average Bonchev–Trinajstić information content (AvgIpc) is 2.42. The fraction of sp³-hybridized carbons (Fsp3) is 0.571. The molecule has 0 spiro atoms. The third kappa shape index (κ3) is 4.86. The number of halogens is 1. The summed E-state index contributed by atoms with van der Waals surface area (Å²) in [7, 11) is 1.68. The molecule has 0 radical (unpaired) electrons. The smallest absolute Gasteiger partial charge is 0.127 e. The standard InChI is InChI=1S/C14H21BrO3/c1-4-7-17-13-6-5-12(9-15)14(8-13)18-10-11(2)16-3/h5-6,8,11H,4,7,9-10H2,1-3H3. The molecule has 0 aromatic heterocycles. The van der Waals surface area contributed by atoms with Crippen molar-refractivity contribution in [3.63, 3.8) is 0 Å². The highest BCUT2D eigenvalue weighted by Crippen LogP contribution is 2.27. The molecular weight excluding hydrogens is 296 g/mol. The first-order valence-corrected chi connectivity index (χ1v) is 7.30. The van der Waals surface area contributed by atoms with E-state index in [1.54, 1.807) is 7.11 Å². The van der Waals surface area contributed by atoms with Crippen LogP contribution in [0.2, 0.25) is 0 Å². The molecule has 0 saturated carbocycles. The van der Waals surface area contributed by atoms with Gasteiger partial charge in [-0.25, -0.2) is 0 Å². The van der Waals surface area contributed by atoms with Crippen LogP contribution < -0.4 is 9.47 Å². The van der Waals surface area contributed by atoms with E-state index in [-0.39, 0.29) is 6.10 Å². The van der Waals surface area contributed by atoms with Crippen LogP contribution in [0.4, 0.5) is 0 Å². The SMILES string of the molecule is CCCOc1ccc(CBr)c(OCC(C)OC)c1. The normalized spacial score (nSPS) is 12.2. The quantitative estimate of drug-likeness (QED) is 0.683. The Hall–Kier alpha value is -0.740. The van der Waals surface area contributed by atoms with Crippen molar-refractivity contribution in [2.24, 2.45) is 0 Å². The molecule has 0 fully saturated rings. The lowest BCUT2D eigenvalue weighted by Gasteiger charge is -2.15. The van der Waals surface area contributed by atoms with Crippen LogP contribution in [0.1, 0.15) is 25.8 Å². The van der Waals surface area contributed by atoms with Crippen molar-refractivity contribution in [1.29, 1.82) is 0 Å². The monoisotopic (exact) mass is 316 g/mol. The van der Waals surface area contributed by atoms with E-state index in [1.165, 1.54) is 0 Å². The largest absolute Gasteiger partial charge is 0.493 e. The maximum atomic E-state index is 5.77. The van der Waals surface area contributed by atoms with Gasteiger partial charge in [-0.1, -0.05) is 28.9 Å². The molecule has 0 aliphatic rings. The van der Waals surface area contributed by atoms with Crippen molar-refractivity contribution in [3.8, 4) is 11.5 Å². The first-order chi connectivity index (χ1) is 8.71. The minimum atomic E-state index is 0.0772.